The molecular formula is C13H25NO. The van der Waals surface area contributed by atoms with Crippen molar-refractivity contribution in [2.75, 3.05) is 0 Å². The van der Waals surface area contributed by atoms with Gasteiger partial charge < -0.3 is 5.73 Å². The average Bonchev–Trinajstić information content (AvgIpc) is 2.20. The molecular weight excluding hydrogens is 186 g/mol. The van der Waals surface area contributed by atoms with Crippen molar-refractivity contribution in [3.05, 3.63) is 0 Å². The van der Waals surface area contributed by atoms with Gasteiger partial charge in [-0.2, -0.15) is 0 Å². The molecule has 1 aliphatic rings. The fourth-order valence-electron chi connectivity index (χ4n) is 2.82. The first-order valence-electron chi connectivity index (χ1n) is 6.30. The normalized spacial score (nSPS) is 33.7. The smallest absolute Gasteiger partial charge is 0.146 e. The molecule has 1 rings (SSSR count). The molecule has 1 aliphatic carbocycles. The topological polar surface area (TPSA) is 43.1 Å². The summed E-state index contributed by atoms with van der Waals surface area (Å²) in [5.41, 5.74) is 5.82. The van der Waals surface area contributed by atoms with Gasteiger partial charge in [-0.1, -0.05) is 33.1 Å². The Morgan fingerprint density at radius 1 is 1.47 bits per heavy atom. The van der Waals surface area contributed by atoms with Gasteiger partial charge >= 0.3 is 0 Å². The Bertz CT molecular complexity index is 215. The van der Waals surface area contributed by atoms with Gasteiger partial charge in [0.05, 0.1) is 6.04 Å². The van der Waals surface area contributed by atoms with Gasteiger partial charge in [-0.3, -0.25) is 4.79 Å². The van der Waals surface area contributed by atoms with Gasteiger partial charge in [0.2, 0.25) is 0 Å². The Hall–Kier alpha value is -0.370. The van der Waals surface area contributed by atoms with Gasteiger partial charge in [-0.15, -0.1) is 0 Å². The number of Topliss-reactive ketones (excluding diaryl/α,β-unsaturated/α-hetero) is 1. The van der Waals surface area contributed by atoms with E-state index in [1.54, 1.807) is 6.92 Å². The van der Waals surface area contributed by atoms with E-state index >= 15 is 0 Å². The van der Waals surface area contributed by atoms with Crippen LogP contribution in [-0.4, -0.2) is 11.8 Å². The number of hydrogen-bond donors (Lipinski definition) is 1. The molecule has 0 aromatic carbocycles. The molecule has 0 amide bonds. The second-order valence-corrected chi connectivity index (χ2v) is 5.28. The first kappa shape index (κ1) is 12.7. The van der Waals surface area contributed by atoms with Crippen molar-refractivity contribution in [2.45, 2.75) is 58.9 Å². The molecule has 2 heteroatoms. The summed E-state index contributed by atoms with van der Waals surface area (Å²) in [7, 11) is 0. The summed E-state index contributed by atoms with van der Waals surface area (Å²) in [6.07, 6.45) is 6.02. The molecule has 0 spiro atoms. The van der Waals surface area contributed by atoms with E-state index in [2.05, 4.69) is 13.8 Å². The first-order valence-corrected chi connectivity index (χ1v) is 6.30. The highest BCUT2D eigenvalue weighted by Gasteiger charge is 2.28. The minimum Gasteiger partial charge on any atom is -0.322 e. The highest BCUT2D eigenvalue weighted by atomic mass is 16.1. The van der Waals surface area contributed by atoms with Crippen LogP contribution in [-0.2, 0) is 4.79 Å². The number of nitrogens with two attached hydrogens (primary N) is 1. The predicted molar refractivity (Wildman–Crippen MR) is 63.6 cm³/mol. The van der Waals surface area contributed by atoms with Crippen LogP contribution >= 0.6 is 0 Å². The maximum absolute atomic E-state index is 11.1. The minimum atomic E-state index is -0.221. The third kappa shape index (κ3) is 3.60. The van der Waals surface area contributed by atoms with Crippen molar-refractivity contribution in [1.29, 1.82) is 0 Å². The lowest BCUT2D eigenvalue weighted by atomic mass is 9.72. The fourth-order valence-corrected chi connectivity index (χ4v) is 2.82. The molecule has 0 saturated heterocycles. The van der Waals surface area contributed by atoms with Crippen LogP contribution in [0.25, 0.3) is 0 Å². The molecule has 0 heterocycles. The molecule has 0 radical (unpaired) electrons. The monoisotopic (exact) mass is 211 g/mol. The maximum atomic E-state index is 11.1. The van der Waals surface area contributed by atoms with Crippen molar-refractivity contribution in [2.24, 2.45) is 23.5 Å². The van der Waals surface area contributed by atoms with Crippen molar-refractivity contribution in [1.82, 2.24) is 0 Å². The highest BCUT2D eigenvalue weighted by Crippen LogP contribution is 2.37. The van der Waals surface area contributed by atoms with Gasteiger partial charge in [0.25, 0.3) is 0 Å². The summed E-state index contributed by atoms with van der Waals surface area (Å²) in [5.74, 6) is 2.54. The Kier molecular flexibility index (Phi) is 4.78. The van der Waals surface area contributed by atoms with E-state index in [4.69, 9.17) is 5.73 Å². The van der Waals surface area contributed by atoms with Crippen LogP contribution in [0.4, 0.5) is 0 Å². The van der Waals surface area contributed by atoms with Crippen LogP contribution < -0.4 is 5.73 Å². The number of carbonyl (C=O) groups excluding carboxylic acids is 1. The van der Waals surface area contributed by atoms with Crippen LogP contribution in [0.3, 0.4) is 0 Å². The molecule has 15 heavy (non-hydrogen) atoms. The third-order valence-electron chi connectivity index (χ3n) is 4.10. The van der Waals surface area contributed by atoms with E-state index in [0.717, 1.165) is 18.3 Å². The number of rotatable bonds is 4. The molecule has 4 unspecified atom stereocenters. The molecule has 0 aliphatic heterocycles. The fraction of sp³-hybridized carbons (Fsp3) is 0.923. The number of ketones is 1. The van der Waals surface area contributed by atoms with Crippen molar-refractivity contribution >= 4 is 5.78 Å². The summed E-state index contributed by atoms with van der Waals surface area (Å²) in [6, 6.07) is -0.221. The van der Waals surface area contributed by atoms with E-state index in [0.29, 0.717) is 5.92 Å². The molecule has 1 fully saturated rings. The van der Waals surface area contributed by atoms with Gasteiger partial charge in [0, 0.05) is 0 Å². The minimum absolute atomic E-state index is 0.140. The molecule has 0 aromatic rings. The lowest BCUT2D eigenvalue weighted by Crippen LogP contribution is -2.33. The standard InChI is InChI=1S/C13H25NO/c1-4-12-7-11(6-5-9(12)2)8-13(14)10(3)15/h9,11-13H,4-8,14H2,1-3H3. The van der Waals surface area contributed by atoms with Crippen LogP contribution in [0.5, 0.6) is 0 Å². The van der Waals surface area contributed by atoms with Crippen molar-refractivity contribution < 1.29 is 4.79 Å². The molecule has 0 bridgehead atoms. The summed E-state index contributed by atoms with van der Waals surface area (Å²) in [4.78, 5) is 11.1. The van der Waals surface area contributed by atoms with Gasteiger partial charge in [0.15, 0.2) is 0 Å². The van der Waals surface area contributed by atoms with Crippen LogP contribution in [0.15, 0.2) is 0 Å². The van der Waals surface area contributed by atoms with Gasteiger partial charge in [-0.05, 0) is 37.5 Å². The number of carbonyl (C=O) groups is 1. The summed E-state index contributed by atoms with van der Waals surface area (Å²) >= 11 is 0. The Morgan fingerprint density at radius 2 is 2.13 bits per heavy atom. The molecule has 4 atom stereocenters. The van der Waals surface area contributed by atoms with Crippen molar-refractivity contribution in [3.8, 4) is 0 Å². The summed E-state index contributed by atoms with van der Waals surface area (Å²) in [6.45, 7) is 6.23. The third-order valence-corrected chi connectivity index (χ3v) is 4.10. The van der Waals surface area contributed by atoms with E-state index in [9.17, 15) is 4.79 Å². The van der Waals surface area contributed by atoms with E-state index in [1.807, 2.05) is 0 Å². The maximum Gasteiger partial charge on any atom is 0.146 e. The zero-order chi connectivity index (χ0) is 11.4. The van der Waals surface area contributed by atoms with Gasteiger partial charge in [-0.25, -0.2) is 0 Å². The molecule has 88 valence electrons. The molecule has 2 N–H and O–H groups in total. The zero-order valence-corrected chi connectivity index (χ0v) is 10.3. The van der Waals surface area contributed by atoms with Crippen LogP contribution in [0, 0.1) is 17.8 Å². The van der Waals surface area contributed by atoms with Crippen LogP contribution in [0.1, 0.15) is 52.9 Å². The van der Waals surface area contributed by atoms with Crippen LogP contribution in [0.2, 0.25) is 0 Å². The molecule has 1 saturated carbocycles. The molecule has 0 aromatic heterocycles. The van der Waals surface area contributed by atoms with Gasteiger partial charge in [0.1, 0.15) is 5.78 Å². The van der Waals surface area contributed by atoms with Crippen molar-refractivity contribution in [3.63, 3.8) is 0 Å². The largest absolute Gasteiger partial charge is 0.322 e. The Morgan fingerprint density at radius 3 is 2.67 bits per heavy atom. The second kappa shape index (κ2) is 5.64. The summed E-state index contributed by atoms with van der Waals surface area (Å²) in [5, 5.41) is 0. The molecule has 2 nitrogen and oxygen atoms in total. The average molecular weight is 211 g/mol. The first-order chi connectivity index (χ1) is 7.04. The van der Waals surface area contributed by atoms with E-state index in [-0.39, 0.29) is 11.8 Å². The Balaban J connectivity index is 2.41. The summed E-state index contributed by atoms with van der Waals surface area (Å²) < 4.78 is 0. The highest BCUT2D eigenvalue weighted by molar-refractivity contribution is 5.81. The lowest BCUT2D eigenvalue weighted by Gasteiger charge is -2.34. The Labute approximate surface area is 93.6 Å². The lowest BCUT2D eigenvalue weighted by molar-refractivity contribution is -0.118. The number of hydrogen-bond acceptors (Lipinski definition) is 2. The van der Waals surface area contributed by atoms with E-state index in [1.165, 1.54) is 25.7 Å². The second-order valence-electron chi connectivity index (χ2n) is 5.28. The SMILES string of the molecule is CCC1CC(CC(N)C(C)=O)CCC1C. The zero-order valence-electron chi connectivity index (χ0n) is 10.3. The predicted octanol–water partition coefficient (Wildman–Crippen LogP) is 2.76. The van der Waals surface area contributed by atoms with E-state index < -0.39 is 0 Å². The quantitative estimate of drug-likeness (QED) is 0.777.